The summed E-state index contributed by atoms with van der Waals surface area (Å²) in [7, 11) is 2.12. The van der Waals surface area contributed by atoms with Gasteiger partial charge in [-0.15, -0.1) is 0 Å². The highest BCUT2D eigenvalue weighted by molar-refractivity contribution is 5.20. The first-order valence-electron chi connectivity index (χ1n) is 8.78. The molecule has 0 spiro atoms. The standard InChI is InChI=1S/C19H30N2/c1-3-18(19(20-2)17-7-5-4-6-8-17)21(13-15-9-10-15)14-16-11-12-16/h4-8,15-16,18-20H,3,9-14H2,1-2H3. The Morgan fingerprint density at radius 1 is 1.05 bits per heavy atom. The van der Waals surface area contributed by atoms with Crippen molar-refractivity contribution in [1.82, 2.24) is 10.2 Å². The van der Waals surface area contributed by atoms with E-state index in [1.165, 1.54) is 50.8 Å². The zero-order chi connectivity index (χ0) is 14.7. The molecule has 0 amide bonds. The summed E-state index contributed by atoms with van der Waals surface area (Å²) in [5.74, 6) is 1.96. The monoisotopic (exact) mass is 286 g/mol. The molecule has 2 nitrogen and oxygen atoms in total. The predicted octanol–water partition coefficient (Wildman–Crippen LogP) is 3.85. The lowest BCUT2D eigenvalue weighted by atomic mass is 9.95. The maximum absolute atomic E-state index is 3.60. The second kappa shape index (κ2) is 6.93. The van der Waals surface area contributed by atoms with Gasteiger partial charge < -0.3 is 5.32 Å². The molecule has 1 aromatic carbocycles. The molecule has 1 N–H and O–H groups in total. The molecule has 116 valence electrons. The van der Waals surface area contributed by atoms with Gasteiger partial charge in [-0.1, -0.05) is 37.3 Å². The van der Waals surface area contributed by atoms with E-state index in [4.69, 9.17) is 0 Å². The van der Waals surface area contributed by atoms with E-state index in [-0.39, 0.29) is 0 Å². The second-order valence-corrected chi connectivity index (χ2v) is 6.99. The van der Waals surface area contributed by atoms with Gasteiger partial charge in [0.15, 0.2) is 0 Å². The van der Waals surface area contributed by atoms with Crippen molar-refractivity contribution in [2.24, 2.45) is 11.8 Å². The van der Waals surface area contributed by atoms with E-state index in [0.29, 0.717) is 12.1 Å². The fourth-order valence-corrected chi connectivity index (χ4v) is 3.56. The SMILES string of the molecule is CCC(C(NC)c1ccccc1)N(CC1CC1)CC1CC1. The van der Waals surface area contributed by atoms with Crippen molar-refractivity contribution in [3.8, 4) is 0 Å². The lowest BCUT2D eigenvalue weighted by molar-refractivity contribution is 0.141. The molecule has 2 aliphatic rings. The molecule has 0 aliphatic heterocycles. The van der Waals surface area contributed by atoms with E-state index in [1.54, 1.807) is 0 Å². The molecule has 0 bridgehead atoms. The molecule has 3 rings (SSSR count). The fraction of sp³-hybridized carbons (Fsp3) is 0.684. The zero-order valence-corrected chi connectivity index (χ0v) is 13.6. The minimum absolute atomic E-state index is 0.452. The number of nitrogens with one attached hydrogen (secondary N) is 1. The van der Waals surface area contributed by atoms with Gasteiger partial charge in [0.05, 0.1) is 0 Å². The third-order valence-corrected chi connectivity index (χ3v) is 5.12. The number of benzene rings is 1. The highest BCUT2D eigenvalue weighted by Crippen LogP contribution is 2.36. The summed E-state index contributed by atoms with van der Waals surface area (Å²) < 4.78 is 0. The van der Waals surface area contributed by atoms with E-state index in [2.05, 4.69) is 54.5 Å². The Morgan fingerprint density at radius 3 is 2.05 bits per heavy atom. The minimum Gasteiger partial charge on any atom is -0.312 e. The van der Waals surface area contributed by atoms with Crippen LogP contribution in [0.2, 0.25) is 0 Å². The molecule has 21 heavy (non-hydrogen) atoms. The van der Waals surface area contributed by atoms with E-state index in [9.17, 15) is 0 Å². The minimum atomic E-state index is 0.452. The molecule has 0 heterocycles. The third-order valence-electron chi connectivity index (χ3n) is 5.12. The Kier molecular flexibility index (Phi) is 4.97. The summed E-state index contributed by atoms with van der Waals surface area (Å²) >= 11 is 0. The highest BCUT2D eigenvalue weighted by Gasteiger charge is 2.34. The number of rotatable bonds is 9. The fourth-order valence-electron chi connectivity index (χ4n) is 3.56. The first-order valence-corrected chi connectivity index (χ1v) is 8.78. The van der Waals surface area contributed by atoms with Gasteiger partial charge >= 0.3 is 0 Å². The van der Waals surface area contributed by atoms with Crippen LogP contribution in [0, 0.1) is 11.8 Å². The van der Waals surface area contributed by atoms with Crippen LogP contribution in [0.3, 0.4) is 0 Å². The molecule has 0 aromatic heterocycles. The largest absolute Gasteiger partial charge is 0.312 e. The maximum Gasteiger partial charge on any atom is 0.0475 e. The molecule has 2 unspecified atom stereocenters. The van der Waals surface area contributed by atoms with Gasteiger partial charge in [-0.3, -0.25) is 4.90 Å². The molecule has 2 aliphatic carbocycles. The van der Waals surface area contributed by atoms with Crippen molar-refractivity contribution >= 4 is 0 Å². The van der Waals surface area contributed by atoms with Crippen LogP contribution < -0.4 is 5.32 Å². The molecule has 0 saturated heterocycles. The van der Waals surface area contributed by atoms with Crippen molar-refractivity contribution in [1.29, 1.82) is 0 Å². The van der Waals surface area contributed by atoms with Gasteiger partial charge in [0.25, 0.3) is 0 Å². The molecule has 0 radical (unpaired) electrons. The van der Waals surface area contributed by atoms with E-state index in [0.717, 1.165) is 11.8 Å². The number of hydrogen-bond acceptors (Lipinski definition) is 2. The van der Waals surface area contributed by atoms with Crippen LogP contribution in [0.4, 0.5) is 0 Å². The number of hydrogen-bond donors (Lipinski definition) is 1. The van der Waals surface area contributed by atoms with Gasteiger partial charge in [-0.2, -0.15) is 0 Å². The summed E-state index contributed by atoms with van der Waals surface area (Å²) in [4.78, 5) is 2.81. The van der Waals surface area contributed by atoms with Crippen molar-refractivity contribution in [2.75, 3.05) is 20.1 Å². The first kappa shape index (κ1) is 15.1. The Labute approximate surface area is 129 Å². The van der Waals surface area contributed by atoms with Crippen LogP contribution in [-0.4, -0.2) is 31.1 Å². The van der Waals surface area contributed by atoms with Crippen molar-refractivity contribution in [3.05, 3.63) is 35.9 Å². The van der Waals surface area contributed by atoms with Crippen LogP contribution in [0.25, 0.3) is 0 Å². The molecular weight excluding hydrogens is 256 g/mol. The third kappa shape index (κ3) is 4.08. The van der Waals surface area contributed by atoms with Crippen LogP contribution in [0.15, 0.2) is 30.3 Å². The predicted molar refractivity (Wildman–Crippen MR) is 89.3 cm³/mol. The molecule has 2 saturated carbocycles. The van der Waals surface area contributed by atoms with Crippen molar-refractivity contribution in [2.45, 2.75) is 51.1 Å². The Bertz CT molecular complexity index is 408. The molecule has 1 aromatic rings. The number of likely N-dealkylation sites (N-methyl/N-ethyl adjacent to an activating group) is 1. The van der Waals surface area contributed by atoms with Crippen LogP contribution in [-0.2, 0) is 0 Å². The van der Waals surface area contributed by atoms with Crippen molar-refractivity contribution < 1.29 is 0 Å². The van der Waals surface area contributed by atoms with Gasteiger partial charge in [-0.05, 0) is 56.6 Å². The van der Waals surface area contributed by atoms with Crippen LogP contribution in [0.1, 0.15) is 50.6 Å². The topological polar surface area (TPSA) is 15.3 Å². The Balaban J connectivity index is 1.74. The highest BCUT2D eigenvalue weighted by atomic mass is 15.2. The molecular formula is C19H30N2. The van der Waals surface area contributed by atoms with Gasteiger partial charge in [0.1, 0.15) is 0 Å². The van der Waals surface area contributed by atoms with E-state index < -0.39 is 0 Å². The van der Waals surface area contributed by atoms with E-state index >= 15 is 0 Å². The summed E-state index contributed by atoms with van der Waals surface area (Å²) in [5, 5.41) is 3.60. The van der Waals surface area contributed by atoms with Gasteiger partial charge in [-0.25, -0.2) is 0 Å². The van der Waals surface area contributed by atoms with Crippen LogP contribution >= 0.6 is 0 Å². The first-order chi connectivity index (χ1) is 10.3. The molecule has 2 heteroatoms. The van der Waals surface area contributed by atoms with Gasteiger partial charge in [0, 0.05) is 25.2 Å². The summed E-state index contributed by atoms with van der Waals surface area (Å²) in [6, 6.07) is 12.1. The Hall–Kier alpha value is -0.860. The molecule has 2 fully saturated rings. The lowest BCUT2D eigenvalue weighted by Crippen LogP contribution is -2.45. The normalized spacial score (nSPS) is 21.5. The zero-order valence-electron chi connectivity index (χ0n) is 13.6. The smallest absolute Gasteiger partial charge is 0.0475 e. The second-order valence-electron chi connectivity index (χ2n) is 6.99. The van der Waals surface area contributed by atoms with Gasteiger partial charge in [0.2, 0.25) is 0 Å². The summed E-state index contributed by atoms with van der Waals surface area (Å²) in [6.45, 7) is 4.99. The Morgan fingerprint density at radius 2 is 1.62 bits per heavy atom. The summed E-state index contributed by atoms with van der Waals surface area (Å²) in [6.07, 6.45) is 7.03. The van der Waals surface area contributed by atoms with Crippen LogP contribution in [0.5, 0.6) is 0 Å². The average molecular weight is 286 g/mol. The lowest BCUT2D eigenvalue weighted by Gasteiger charge is -2.37. The number of nitrogens with zero attached hydrogens (tertiary/aromatic N) is 1. The van der Waals surface area contributed by atoms with Crippen molar-refractivity contribution in [3.63, 3.8) is 0 Å². The maximum atomic E-state index is 3.60. The summed E-state index contributed by atoms with van der Waals surface area (Å²) in [5.41, 5.74) is 1.43. The molecule has 2 atom stereocenters. The van der Waals surface area contributed by atoms with E-state index in [1.807, 2.05) is 0 Å². The average Bonchev–Trinajstić information content (AvgIpc) is 3.41. The quantitative estimate of drug-likeness (QED) is 0.742.